The van der Waals surface area contributed by atoms with Gasteiger partial charge < -0.3 is 0 Å². The Morgan fingerprint density at radius 1 is 0.565 bits per heavy atom. The van der Waals surface area contributed by atoms with E-state index in [2.05, 4.69) is 101 Å². The third-order valence-corrected chi connectivity index (χ3v) is 6.64. The third-order valence-electron chi connectivity index (χ3n) is 3.72. The van der Waals surface area contributed by atoms with Gasteiger partial charge in [0, 0.05) is 18.2 Å². The molecule has 0 atom stereocenters. The van der Waals surface area contributed by atoms with E-state index < -0.39 is 0 Å². The summed E-state index contributed by atoms with van der Waals surface area (Å²) in [5, 5.41) is 2.13. The fourth-order valence-corrected chi connectivity index (χ4v) is 4.72. The van der Waals surface area contributed by atoms with Crippen LogP contribution in [0.2, 0.25) is 0 Å². The minimum Gasteiger partial charge on any atom is -0.143 e. The average Bonchev–Trinajstić information content (AvgIpc) is 3.27. The Labute approximate surface area is 157 Å². The van der Waals surface area contributed by atoms with Gasteiger partial charge in [-0.15, -0.1) is 22.7 Å². The van der Waals surface area contributed by atoms with Crippen LogP contribution in [0.4, 0.5) is 0 Å². The van der Waals surface area contributed by atoms with Gasteiger partial charge in [-0.2, -0.15) is 0 Å². The first kappa shape index (κ1) is 15.1. The molecule has 0 fully saturated rings. The summed E-state index contributed by atoms with van der Waals surface area (Å²) in [6.07, 6.45) is 0. The highest BCUT2D eigenvalue weighted by Gasteiger charge is 2.06. The van der Waals surface area contributed by atoms with Crippen LogP contribution >= 0.6 is 45.3 Å². The predicted molar refractivity (Wildman–Crippen MR) is 111 cm³/mol. The van der Waals surface area contributed by atoms with Crippen molar-refractivity contribution in [1.82, 2.24) is 0 Å². The van der Waals surface area contributed by atoms with Crippen molar-refractivity contribution in [2.75, 3.05) is 0 Å². The molecule has 2 heterocycles. The fourth-order valence-electron chi connectivity index (χ4n) is 2.51. The van der Waals surface area contributed by atoms with Gasteiger partial charge in [-0.1, -0.05) is 42.5 Å². The van der Waals surface area contributed by atoms with Gasteiger partial charge in [0.1, 0.15) is 0 Å². The van der Waals surface area contributed by atoms with Crippen molar-refractivity contribution in [3.63, 3.8) is 0 Å². The van der Waals surface area contributed by atoms with Crippen molar-refractivity contribution in [2.45, 2.75) is 0 Å². The highest BCUT2D eigenvalue weighted by Crippen LogP contribution is 2.37. The van der Waals surface area contributed by atoms with Gasteiger partial charge in [0.25, 0.3) is 0 Å². The molecule has 3 heteroatoms. The first-order valence-electron chi connectivity index (χ1n) is 7.30. The largest absolute Gasteiger partial charge is 0.143 e. The lowest BCUT2D eigenvalue weighted by Crippen LogP contribution is -1.79. The zero-order valence-electron chi connectivity index (χ0n) is 12.2. The Morgan fingerprint density at radius 2 is 1.17 bits per heavy atom. The number of rotatable bonds is 3. The Morgan fingerprint density at radius 3 is 1.83 bits per heavy atom. The molecule has 23 heavy (non-hydrogen) atoms. The summed E-state index contributed by atoms with van der Waals surface area (Å²) in [5.74, 6) is 0. The van der Waals surface area contributed by atoms with Crippen LogP contribution in [0.25, 0.3) is 31.3 Å². The Kier molecular flexibility index (Phi) is 4.33. The summed E-state index contributed by atoms with van der Waals surface area (Å²) >= 11 is 5.99. The Hall–Kier alpha value is -1.43. The lowest BCUT2D eigenvalue weighted by atomic mass is 10.0. The maximum Gasteiger partial charge on any atom is 0.0449 e. The molecule has 0 saturated heterocycles. The topological polar surface area (TPSA) is 0 Å². The van der Waals surface area contributed by atoms with E-state index in [4.69, 9.17) is 0 Å². The van der Waals surface area contributed by atoms with Gasteiger partial charge in [0.2, 0.25) is 0 Å². The molecule has 0 aliphatic rings. The minimum absolute atomic E-state index is 1.26. The number of thiophene rings is 2. The minimum atomic E-state index is 1.26. The molecule has 0 aliphatic heterocycles. The van der Waals surface area contributed by atoms with Gasteiger partial charge in [0.05, 0.1) is 0 Å². The van der Waals surface area contributed by atoms with Gasteiger partial charge in [-0.3, -0.25) is 0 Å². The number of halogens is 1. The quantitative estimate of drug-likeness (QED) is 0.289. The summed E-state index contributed by atoms with van der Waals surface area (Å²) in [5.41, 5.74) is 3.81. The van der Waals surface area contributed by atoms with Crippen molar-refractivity contribution in [2.24, 2.45) is 0 Å². The molecule has 4 rings (SSSR count). The molecular weight excluding hydrogens is 431 g/mol. The molecule has 0 bridgehead atoms. The second-order valence-electron chi connectivity index (χ2n) is 5.23. The van der Waals surface area contributed by atoms with E-state index >= 15 is 0 Å². The first-order chi connectivity index (χ1) is 11.3. The van der Waals surface area contributed by atoms with Gasteiger partial charge >= 0.3 is 0 Å². The first-order valence-corrected chi connectivity index (χ1v) is 10.1. The van der Waals surface area contributed by atoms with Crippen LogP contribution in [-0.4, -0.2) is 0 Å². The average molecular weight is 444 g/mol. The van der Waals surface area contributed by atoms with Crippen LogP contribution in [0, 0.1) is 3.57 Å². The zero-order valence-corrected chi connectivity index (χ0v) is 16.0. The lowest BCUT2D eigenvalue weighted by Gasteiger charge is -2.03. The number of hydrogen-bond acceptors (Lipinski definition) is 2. The molecule has 0 unspecified atom stereocenters. The third kappa shape index (κ3) is 3.27. The van der Waals surface area contributed by atoms with Gasteiger partial charge in [-0.05, 0) is 75.0 Å². The van der Waals surface area contributed by atoms with Gasteiger partial charge in [-0.25, -0.2) is 0 Å². The van der Waals surface area contributed by atoms with E-state index in [9.17, 15) is 0 Å². The van der Waals surface area contributed by atoms with Crippen LogP contribution in [0.1, 0.15) is 0 Å². The fraction of sp³-hybridized carbons (Fsp3) is 0. The lowest BCUT2D eigenvalue weighted by molar-refractivity contribution is 1.59. The van der Waals surface area contributed by atoms with Crippen molar-refractivity contribution >= 4 is 45.3 Å². The predicted octanol–water partition coefficient (Wildman–Crippen LogP) is 7.42. The molecule has 2 aromatic heterocycles. The molecule has 2 aromatic carbocycles. The maximum atomic E-state index is 2.34. The van der Waals surface area contributed by atoms with Crippen LogP contribution in [0.15, 0.2) is 78.2 Å². The standard InChI is InChI=1S/C20H13IS2/c21-17-9-7-15(8-10-17)14-3-5-16(6-4-14)18-11-12-20(23-18)19-2-1-13-22-19/h1-13H. The Balaban J connectivity index is 1.62. The van der Waals surface area contributed by atoms with Gasteiger partial charge in [0.15, 0.2) is 0 Å². The molecule has 0 nitrogen and oxygen atoms in total. The smallest absolute Gasteiger partial charge is 0.0449 e. The Bertz CT molecular complexity index is 901. The van der Waals surface area contributed by atoms with E-state index in [1.807, 2.05) is 11.3 Å². The second-order valence-corrected chi connectivity index (χ2v) is 8.50. The van der Waals surface area contributed by atoms with Crippen LogP contribution < -0.4 is 0 Å². The molecular formula is C20H13IS2. The van der Waals surface area contributed by atoms with E-state index in [-0.39, 0.29) is 0 Å². The highest BCUT2D eigenvalue weighted by molar-refractivity contribution is 14.1. The number of benzene rings is 2. The van der Waals surface area contributed by atoms with E-state index in [0.29, 0.717) is 0 Å². The molecule has 0 saturated carbocycles. The highest BCUT2D eigenvalue weighted by atomic mass is 127. The molecule has 0 N–H and O–H groups in total. The molecule has 4 aromatic rings. The summed E-state index contributed by atoms with van der Waals surface area (Å²) in [6, 6.07) is 26.2. The summed E-state index contributed by atoms with van der Waals surface area (Å²) in [7, 11) is 0. The summed E-state index contributed by atoms with van der Waals surface area (Å²) < 4.78 is 1.27. The molecule has 0 radical (unpaired) electrons. The van der Waals surface area contributed by atoms with E-state index in [1.54, 1.807) is 11.3 Å². The molecule has 0 aliphatic carbocycles. The normalized spacial score (nSPS) is 10.8. The van der Waals surface area contributed by atoms with Crippen LogP contribution in [0.3, 0.4) is 0 Å². The molecule has 0 amide bonds. The molecule has 0 spiro atoms. The summed E-state index contributed by atoms with van der Waals surface area (Å²) in [4.78, 5) is 4.01. The molecule has 112 valence electrons. The monoisotopic (exact) mass is 444 g/mol. The van der Waals surface area contributed by atoms with Crippen molar-refractivity contribution in [3.8, 4) is 31.3 Å². The number of hydrogen-bond donors (Lipinski definition) is 0. The van der Waals surface area contributed by atoms with Crippen LogP contribution in [-0.2, 0) is 0 Å². The van der Waals surface area contributed by atoms with Crippen molar-refractivity contribution in [1.29, 1.82) is 0 Å². The zero-order chi connectivity index (χ0) is 15.6. The van der Waals surface area contributed by atoms with Crippen LogP contribution in [0.5, 0.6) is 0 Å². The van der Waals surface area contributed by atoms with E-state index in [0.717, 1.165) is 0 Å². The van der Waals surface area contributed by atoms with Crippen molar-refractivity contribution in [3.05, 3.63) is 81.7 Å². The summed E-state index contributed by atoms with van der Waals surface area (Å²) in [6.45, 7) is 0. The van der Waals surface area contributed by atoms with Crippen molar-refractivity contribution < 1.29 is 0 Å². The second kappa shape index (κ2) is 6.59. The maximum absolute atomic E-state index is 2.34. The van der Waals surface area contributed by atoms with E-state index in [1.165, 1.54) is 34.9 Å². The SMILES string of the molecule is Ic1ccc(-c2ccc(-c3ccc(-c4cccs4)s3)cc2)cc1.